The molecule has 1 atom stereocenters. The minimum Gasteiger partial charge on any atom is -0.490 e. The van der Waals surface area contributed by atoms with Crippen LogP contribution in [0.2, 0.25) is 10.0 Å². The molecule has 0 spiro atoms. The van der Waals surface area contributed by atoms with Crippen molar-refractivity contribution < 1.29 is 31.8 Å². The number of nitrogens with zero attached hydrogens (tertiary/aromatic N) is 1. The summed E-state index contributed by atoms with van der Waals surface area (Å²) in [5.41, 5.74) is 0.409. The first-order chi connectivity index (χ1) is 16.1. The zero-order valence-electron chi connectivity index (χ0n) is 18.6. The Balaban J connectivity index is 0.00000199. The van der Waals surface area contributed by atoms with Gasteiger partial charge in [-0.3, -0.25) is 9.52 Å². The largest absolute Gasteiger partial charge is 0.573 e. The van der Waals surface area contributed by atoms with Crippen molar-refractivity contribution in [1.29, 1.82) is 0 Å². The van der Waals surface area contributed by atoms with Crippen LogP contribution in [0.15, 0.2) is 30.3 Å². The number of carbonyl (C=O) groups excluding carboxylic acids is 1. The number of ether oxygens (including phenoxy) is 2. The van der Waals surface area contributed by atoms with Crippen molar-refractivity contribution in [2.75, 3.05) is 24.3 Å². The van der Waals surface area contributed by atoms with E-state index in [4.69, 9.17) is 27.9 Å². The first-order valence-corrected chi connectivity index (χ1v) is 12.3. The van der Waals surface area contributed by atoms with Crippen LogP contribution in [0.1, 0.15) is 37.0 Å². The van der Waals surface area contributed by atoms with Gasteiger partial charge in [0.15, 0.2) is 0 Å². The minimum atomic E-state index is -4.84. The van der Waals surface area contributed by atoms with Crippen molar-refractivity contribution >= 4 is 46.7 Å². The lowest BCUT2D eigenvalue weighted by Gasteiger charge is -2.27. The highest BCUT2D eigenvalue weighted by molar-refractivity contribution is 7.97. The number of hydrogen-bond acceptors (Lipinski definition) is 5. The number of hydrogen-bond donors (Lipinski definition) is 1. The van der Waals surface area contributed by atoms with Gasteiger partial charge in [0.05, 0.1) is 21.7 Å². The van der Waals surface area contributed by atoms with Crippen molar-refractivity contribution in [3.8, 4) is 11.5 Å². The predicted molar refractivity (Wildman–Crippen MR) is 128 cm³/mol. The second kappa shape index (κ2) is 12.6. The van der Waals surface area contributed by atoms with E-state index in [-0.39, 0.29) is 34.0 Å². The van der Waals surface area contributed by atoms with Crippen molar-refractivity contribution in [1.82, 2.24) is 4.72 Å². The zero-order valence-corrected chi connectivity index (χ0v) is 21.0. The number of rotatable bonds is 7. The smallest absolute Gasteiger partial charge is 0.490 e. The van der Waals surface area contributed by atoms with E-state index >= 15 is 0 Å². The van der Waals surface area contributed by atoms with Gasteiger partial charge >= 0.3 is 6.36 Å². The lowest BCUT2D eigenvalue weighted by molar-refractivity contribution is -0.274. The molecule has 1 fully saturated rings. The van der Waals surface area contributed by atoms with Gasteiger partial charge in [0.2, 0.25) is 0 Å². The molecular weight excluding hydrogens is 519 g/mol. The van der Waals surface area contributed by atoms with E-state index in [0.717, 1.165) is 36.9 Å². The van der Waals surface area contributed by atoms with Crippen LogP contribution >= 0.6 is 35.1 Å². The summed E-state index contributed by atoms with van der Waals surface area (Å²) in [6, 6.07) is 6.15. The number of anilines is 1. The van der Waals surface area contributed by atoms with Gasteiger partial charge < -0.3 is 14.4 Å². The van der Waals surface area contributed by atoms with Gasteiger partial charge in [0.1, 0.15) is 23.9 Å². The Labute approximate surface area is 209 Å². The molecule has 34 heavy (non-hydrogen) atoms. The highest BCUT2D eigenvalue weighted by Crippen LogP contribution is 2.36. The molecule has 0 saturated carbocycles. The van der Waals surface area contributed by atoms with E-state index in [1.165, 1.54) is 18.2 Å². The van der Waals surface area contributed by atoms with Crippen LogP contribution in [-0.4, -0.2) is 37.7 Å². The molecule has 2 aromatic rings. The molecule has 1 aliphatic rings. The fraction of sp³-hybridized carbons (Fsp3) is 0.409. The molecule has 0 bridgehead atoms. The summed E-state index contributed by atoms with van der Waals surface area (Å²) in [6.07, 6.45) is -1.64. The van der Waals surface area contributed by atoms with E-state index < -0.39 is 23.8 Å². The van der Waals surface area contributed by atoms with Crippen molar-refractivity contribution in [2.45, 2.75) is 39.1 Å². The molecule has 1 unspecified atom stereocenters. The molecular formula is C22H24Cl2F4N2O3S. The molecule has 2 aromatic carbocycles. The number of benzene rings is 2. The highest BCUT2D eigenvalue weighted by atomic mass is 35.5. The Hall–Kier alpha value is -2.04. The molecule has 1 amide bonds. The Morgan fingerprint density at radius 2 is 1.85 bits per heavy atom. The summed E-state index contributed by atoms with van der Waals surface area (Å²) in [6.45, 7) is 4.79. The summed E-state index contributed by atoms with van der Waals surface area (Å²) < 4.78 is 63.7. The second-order valence-corrected chi connectivity index (χ2v) is 8.29. The van der Waals surface area contributed by atoms with Crippen LogP contribution in [0.4, 0.5) is 23.2 Å². The average Bonchev–Trinajstić information content (AvgIpc) is 3.24. The first-order valence-electron chi connectivity index (χ1n) is 10.4. The fourth-order valence-electron chi connectivity index (χ4n) is 3.37. The van der Waals surface area contributed by atoms with Gasteiger partial charge in [-0.25, -0.2) is 4.39 Å². The summed E-state index contributed by atoms with van der Waals surface area (Å²) in [7, 11) is 0. The van der Waals surface area contributed by atoms with Gasteiger partial charge in [-0.15, -0.1) is 13.2 Å². The topological polar surface area (TPSA) is 50.8 Å². The number of nitrogens with one attached hydrogen (secondary N) is 1. The van der Waals surface area contributed by atoms with Crippen molar-refractivity contribution in [3.63, 3.8) is 0 Å². The van der Waals surface area contributed by atoms with E-state index in [1.54, 1.807) is 6.26 Å². The van der Waals surface area contributed by atoms with Gasteiger partial charge in [0, 0.05) is 24.6 Å². The Kier molecular flexibility index (Phi) is 10.5. The molecule has 12 heteroatoms. The predicted octanol–water partition coefficient (Wildman–Crippen LogP) is 7.11. The number of alkyl halides is 3. The van der Waals surface area contributed by atoms with E-state index in [2.05, 4.69) is 9.46 Å². The molecule has 0 aromatic heterocycles. The van der Waals surface area contributed by atoms with Gasteiger partial charge in [-0.1, -0.05) is 49.0 Å². The molecule has 1 heterocycles. The summed E-state index contributed by atoms with van der Waals surface area (Å²) in [4.78, 5) is 13.8. The SMILES string of the molecule is CC.CSNC(=O)c1cc(Cl)c(OCC2CCCN2c2ccc(OC(F)(F)F)c(Cl)c2)cc1F. The standard InChI is InChI=1S/C20H18Cl2F4N2O3S.C2H6/c1-32-27-19(29)13-8-15(22)18(9-16(13)23)30-10-12-3-2-6-28(12)11-4-5-17(14(21)7-11)31-20(24,25)26;1-2/h4-5,7-9,12H,2-3,6,10H2,1H3,(H,27,29);1-2H3. The maximum atomic E-state index is 14.3. The summed E-state index contributed by atoms with van der Waals surface area (Å²) in [5.74, 6) is -1.78. The zero-order chi connectivity index (χ0) is 25.5. The first kappa shape index (κ1) is 28.2. The monoisotopic (exact) mass is 542 g/mol. The van der Waals surface area contributed by atoms with Gasteiger partial charge in [-0.2, -0.15) is 0 Å². The number of carbonyl (C=O) groups is 1. The maximum Gasteiger partial charge on any atom is 0.573 e. The van der Waals surface area contributed by atoms with Crippen LogP contribution in [0.3, 0.4) is 0 Å². The maximum absolute atomic E-state index is 14.3. The lowest BCUT2D eigenvalue weighted by Crippen LogP contribution is -2.34. The van der Waals surface area contributed by atoms with Crippen LogP contribution in [-0.2, 0) is 0 Å². The molecule has 0 aliphatic carbocycles. The minimum absolute atomic E-state index is 0.0823. The van der Waals surface area contributed by atoms with E-state index in [9.17, 15) is 22.4 Å². The lowest BCUT2D eigenvalue weighted by atomic mass is 10.2. The quantitative estimate of drug-likeness (QED) is 0.298. The third kappa shape index (κ3) is 7.48. The molecule has 1 saturated heterocycles. The molecule has 188 valence electrons. The van der Waals surface area contributed by atoms with Gasteiger partial charge in [0.25, 0.3) is 5.91 Å². The number of halogens is 6. The Bertz CT molecular complexity index is 995. The van der Waals surface area contributed by atoms with Gasteiger partial charge in [-0.05, 0) is 37.1 Å². The second-order valence-electron chi connectivity index (χ2n) is 6.86. The molecule has 0 radical (unpaired) electrons. The van der Waals surface area contributed by atoms with Crippen molar-refractivity contribution in [2.24, 2.45) is 0 Å². The van der Waals surface area contributed by atoms with Crippen LogP contribution in [0, 0.1) is 5.82 Å². The highest BCUT2D eigenvalue weighted by Gasteiger charge is 2.33. The molecule has 3 rings (SSSR count). The Morgan fingerprint density at radius 3 is 2.47 bits per heavy atom. The third-order valence-corrected chi connectivity index (χ3v) is 5.72. The van der Waals surface area contributed by atoms with Crippen LogP contribution < -0.4 is 19.1 Å². The normalized spacial score (nSPS) is 15.4. The number of amides is 1. The average molecular weight is 543 g/mol. The summed E-state index contributed by atoms with van der Waals surface area (Å²) >= 11 is 13.2. The van der Waals surface area contributed by atoms with Crippen LogP contribution in [0.5, 0.6) is 11.5 Å². The Morgan fingerprint density at radius 1 is 1.18 bits per heavy atom. The van der Waals surface area contributed by atoms with E-state index in [0.29, 0.717) is 12.2 Å². The van der Waals surface area contributed by atoms with Crippen molar-refractivity contribution in [3.05, 3.63) is 51.8 Å². The third-order valence-electron chi connectivity index (χ3n) is 4.74. The molecule has 5 nitrogen and oxygen atoms in total. The fourth-order valence-corrected chi connectivity index (χ4v) is 4.10. The molecule has 1 N–H and O–H groups in total. The van der Waals surface area contributed by atoms with Crippen LogP contribution in [0.25, 0.3) is 0 Å². The molecule has 1 aliphatic heterocycles. The van der Waals surface area contributed by atoms with E-state index in [1.807, 2.05) is 18.7 Å². The summed E-state index contributed by atoms with van der Waals surface area (Å²) in [5, 5.41) is -0.0884.